The van der Waals surface area contributed by atoms with Gasteiger partial charge in [-0.2, -0.15) is 4.98 Å². The molecule has 0 aliphatic carbocycles. The van der Waals surface area contributed by atoms with Gasteiger partial charge in [-0.25, -0.2) is 4.98 Å². The Morgan fingerprint density at radius 1 is 1.53 bits per heavy atom. The molecule has 0 saturated heterocycles. The zero-order chi connectivity index (χ0) is 12.8. The van der Waals surface area contributed by atoms with E-state index in [9.17, 15) is 0 Å². The summed E-state index contributed by atoms with van der Waals surface area (Å²) in [6, 6.07) is 1.85. The Balaban J connectivity index is 2.76. The molecule has 0 aliphatic rings. The number of ether oxygens (including phenoxy) is 1. The number of amidine groups is 1. The second kappa shape index (κ2) is 6.00. The first-order chi connectivity index (χ1) is 8.02. The Morgan fingerprint density at radius 3 is 2.82 bits per heavy atom. The van der Waals surface area contributed by atoms with E-state index in [1.54, 1.807) is 13.0 Å². The van der Waals surface area contributed by atoms with Crippen molar-refractivity contribution in [2.45, 2.75) is 6.92 Å². The molecule has 17 heavy (non-hydrogen) atoms. The number of nitrogens with two attached hydrogens (primary N) is 1. The summed E-state index contributed by atoms with van der Waals surface area (Å²) in [5.41, 5.74) is 6.50. The van der Waals surface area contributed by atoms with Gasteiger partial charge in [0, 0.05) is 12.2 Å². The second-order valence-electron chi connectivity index (χ2n) is 3.81. The molecule has 0 aromatic carbocycles. The largest absolute Gasteiger partial charge is 0.462 e. The minimum absolute atomic E-state index is 0.0621. The predicted molar refractivity (Wildman–Crippen MR) is 63.3 cm³/mol. The zero-order valence-electron chi connectivity index (χ0n) is 10.2. The summed E-state index contributed by atoms with van der Waals surface area (Å²) < 4.78 is 5.38. The molecule has 0 amide bonds. The van der Waals surface area contributed by atoms with Crippen LogP contribution in [0.1, 0.15) is 11.4 Å². The molecule has 3 N–H and O–H groups in total. The number of aryl methyl sites for hydroxylation is 1. The smallest absolute Gasteiger partial charge is 0.317 e. The van der Waals surface area contributed by atoms with Gasteiger partial charge < -0.3 is 20.6 Å². The Labute approximate surface area is 99.9 Å². The quantitative estimate of drug-likeness (QED) is 0.320. The van der Waals surface area contributed by atoms with Crippen molar-refractivity contribution < 1.29 is 9.94 Å². The summed E-state index contributed by atoms with van der Waals surface area (Å²) in [7, 11) is 3.89. The lowest BCUT2D eigenvalue weighted by Crippen LogP contribution is -2.21. The molecule has 0 spiro atoms. The van der Waals surface area contributed by atoms with Crippen LogP contribution in [0, 0.1) is 6.92 Å². The van der Waals surface area contributed by atoms with Crippen molar-refractivity contribution in [3.05, 3.63) is 17.5 Å². The van der Waals surface area contributed by atoms with E-state index in [-0.39, 0.29) is 11.8 Å². The minimum atomic E-state index is -0.0621. The minimum Gasteiger partial charge on any atom is -0.462 e. The van der Waals surface area contributed by atoms with Gasteiger partial charge in [-0.15, -0.1) is 0 Å². The molecule has 0 bridgehead atoms. The van der Waals surface area contributed by atoms with Crippen molar-refractivity contribution in [3.63, 3.8) is 0 Å². The normalized spacial score (nSPS) is 11.9. The fourth-order valence-electron chi connectivity index (χ4n) is 1.11. The molecule has 0 atom stereocenters. The molecule has 7 heteroatoms. The van der Waals surface area contributed by atoms with E-state index in [0.717, 1.165) is 6.54 Å². The summed E-state index contributed by atoms with van der Waals surface area (Å²) in [5, 5.41) is 11.5. The van der Waals surface area contributed by atoms with Crippen molar-refractivity contribution in [2.24, 2.45) is 10.9 Å². The van der Waals surface area contributed by atoms with Gasteiger partial charge in [0.2, 0.25) is 0 Å². The predicted octanol–water partition coefficient (Wildman–Crippen LogP) is -0.180. The number of oxime groups is 1. The third-order valence-corrected chi connectivity index (χ3v) is 1.97. The maximum atomic E-state index is 8.57. The molecule has 94 valence electrons. The van der Waals surface area contributed by atoms with E-state index in [1.807, 2.05) is 19.0 Å². The number of nitrogens with zero attached hydrogens (tertiary/aromatic N) is 4. The Morgan fingerprint density at radius 2 is 2.24 bits per heavy atom. The van der Waals surface area contributed by atoms with Gasteiger partial charge >= 0.3 is 6.01 Å². The van der Waals surface area contributed by atoms with Crippen molar-refractivity contribution >= 4 is 5.84 Å². The third-order valence-electron chi connectivity index (χ3n) is 1.97. The van der Waals surface area contributed by atoms with Gasteiger partial charge in [0.15, 0.2) is 5.84 Å². The maximum Gasteiger partial charge on any atom is 0.317 e. The van der Waals surface area contributed by atoms with Crippen LogP contribution in [0.4, 0.5) is 0 Å². The number of likely N-dealkylation sites (N-methyl/N-ethyl adjacent to an activating group) is 1. The SMILES string of the molecule is Cc1cc(/C(N)=N/O)nc(OCCN(C)C)n1. The summed E-state index contributed by atoms with van der Waals surface area (Å²) in [5.74, 6) is -0.0621. The molecule has 1 heterocycles. The van der Waals surface area contributed by atoms with Crippen LogP contribution in [0.15, 0.2) is 11.2 Å². The molecule has 1 aromatic heterocycles. The van der Waals surface area contributed by atoms with Crippen LogP contribution >= 0.6 is 0 Å². The van der Waals surface area contributed by atoms with E-state index in [0.29, 0.717) is 18.0 Å². The van der Waals surface area contributed by atoms with Crippen molar-refractivity contribution in [2.75, 3.05) is 27.2 Å². The molecule has 0 aliphatic heterocycles. The highest BCUT2D eigenvalue weighted by molar-refractivity contribution is 5.95. The van der Waals surface area contributed by atoms with Gasteiger partial charge in [-0.1, -0.05) is 5.16 Å². The Bertz CT molecular complexity index is 406. The van der Waals surface area contributed by atoms with Crippen molar-refractivity contribution in [1.29, 1.82) is 0 Å². The first-order valence-corrected chi connectivity index (χ1v) is 5.14. The van der Waals surface area contributed by atoms with Crippen LogP contribution in [0.2, 0.25) is 0 Å². The standard InChI is InChI=1S/C10H17N5O2/c1-7-6-8(9(11)14-16)13-10(12-7)17-5-4-15(2)3/h6,16H,4-5H2,1-3H3,(H2,11,14). The third kappa shape index (κ3) is 4.23. The first-order valence-electron chi connectivity index (χ1n) is 5.14. The number of rotatable bonds is 5. The summed E-state index contributed by atoms with van der Waals surface area (Å²) in [4.78, 5) is 10.1. The molecule has 1 aromatic rings. The highest BCUT2D eigenvalue weighted by atomic mass is 16.5. The number of aromatic nitrogens is 2. The highest BCUT2D eigenvalue weighted by Crippen LogP contribution is 2.06. The summed E-state index contributed by atoms with van der Waals surface area (Å²) in [6.07, 6.45) is 0. The Hall–Kier alpha value is -1.89. The number of hydrogen-bond acceptors (Lipinski definition) is 6. The molecule has 0 saturated carbocycles. The van der Waals surface area contributed by atoms with Crippen LogP contribution in [0.3, 0.4) is 0 Å². The molecule has 0 fully saturated rings. The van der Waals surface area contributed by atoms with Crippen LogP contribution in [0.5, 0.6) is 6.01 Å². The monoisotopic (exact) mass is 239 g/mol. The lowest BCUT2D eigenvalue weighted by atomic mass is 10.3. The lowest BCUT2D eigenvalue weighted by Gasteiger charge is -2.10. The average molecular weight is 239 g/mol. The molecule has 0 radical (unpaired) electrons. The van der Waals surface area contributed by atoms with Crippen molar-refractivity contribution in [3.8, 4) is 6.01 Å². The maximum absolute atomic E-state index is 8.57. The van der Waals surface area contributed by atoms with E-state index in [1.165, 1.54) is 0 Å². The Kier molecular flexibility index (Phi) is 4.65. The second-order valence-corrected chi connectivity index (χ2v) is 3.81. The molecule has 1 rings (SSSR count). The summed E-state index contributed by atoms with van der Waals surface area (Å²) >= 11 is 0. The van der Waals surface area contributed by atoms with Crippen LogP contribution in [0.25, 0.3) is 0 Å². The van der Waals surface area contributed by atoms with Gasteiger partial charge in [-0.3, -0.25) is 0 Å². The van der Waals surface area contributed by atoms with Crippen molar-refractivity contribution in [1.82, 2.24) is 14.9 Å². The first kappa shape index (κ1) is 13.2. The molecule has 7 nitrogen and oxygen atoms in total. The van der Waals surface area contributed by atoms with E-state index in [4.69, 9.17) is 15.7 Å². The van der Waals surface area contributed by atoms with E-state index in [2.05, 4.69) is 15.1 Å². The highest BCUT2D eigenvalue weighted by Gasteiger charge is 2.07. The molecular formula is C10H17N5O2. The fourth-order valence-corrected chi connectivity index (χ4v) is 1.11. The fraction of sp³-hybridized carbons (Fsp3) is 0.500. The van der Waals surface area contributed by atoms with Gasteiger partial charge in [-0.05, 0) is 27.1 Å². The van der Waals surface area contributed by atoms with E-state index >= 15 is 0 Å². The van der Waals surface area contributed by atoms with Crippen LogP contribution in [-0.4, -0.2) is 53.2 Å². The molecular weight excluding hydrogens is 222 g/mol. The van der Waals surface area contributed by atoms with Gasteiger partial charge in [0.05, 0.1) is 0 Å². The van der Waals surface area contributed by atoms with Crippen LogP contribution in [-0.2, 0) is 0 Å². The lowest BCUT2D eigenvalue weighted by molar-refractivity contribution is 0.245. The van der Waals surface area contributed by atoms with Gasteiger partial charge in [0.25, 0.3) is 0 Å². The van der Waals surface area contributed by atoms with E-state index < -0.39 is 0 Å². The topological polar surface area (TPSA) is 96.9 Å². The molecule has 0 unspecified atom stereocenters. The average Bonchev–Trinajstić information content (AvgIpc) is 2.26. The zero-order valence-corrected chi connectivity index (χ0v) is 10.2. The van der Waals surface area contributed by atoms with Gasteiger partial charge in [0.1, 0.15) is 12.3 Å². The van der Waals surface area contributed by atoms with Crippen LogP contribution < -0.4 is 10.5 Å². The number of hydrogen-bond donors (Lipinski definition) is 2. The summed E-state index contributed by atoms with van der Waals surface area (Å²) in [6.45, 7) is 3.02.